The summed E-state index contributed by atoms with van der Waals surface area (Å²) >= 11 is 0. The highest BCUT2D eigenvalue weighted by molar-refractivity contribution is 6.21. The second-order valence-electron chi connectivity index (χ2n) is 7.23. The number of pyridine rings is 2. The molecule has 0 spiro atoms. The van der Waals surface area contributed by atoms with Crippen molar-refractivity contribution in [3.63, 3.8) is 0 Å². The van der Waals surface area contributed by atoms with Crippen LogP contribution in [-0.2, 0) is 0 Å². The Hall–Kier alpha value is -4.19. The maximum absolute atomic E-state index is 14.9. The molecule has 3 aromatic heterocycles. The molecule has 3 heterocycles. The molecule has 0 unspecified atom stereocenters. The molecule has 3 aromatic carbocycles. The second-order valence-corrected chi connectivity index (χ2v) is 7.23. The van der Waals surface area contributed by atoms with E-state index in [4.69, 9.17) is 4.98 Å². The second kappa shape index (κ2) is 6.67. The highest BCUT2D eigenvalue weighted by Crippen LogP contribution is 2.38. The summed E-state index contributed by atoms with van der Waals surface area (Å²) < 4.78 is 30.4. The van der Waals surface area contributed by atoms with E-state index in [9.17, 15) is 8.78 Å². The zero-order valence-electron chi connectivity index (χ0n) is 16.1. The maximum Gasteiger partial charge on any atom is 0.148 e. The smallest absolute Gasteiger partial charge is 0.148 e. The molecule has 6 aromatic rings. The summed E-state index contributed by atoms with van der Waals surface area (Å²) in [6, 6.07) is 20.7. The lowest BCUT2D eigenvalue weighted by Crippen LogP contribution is -2.00. The van der Waals surface area contributed by atoms with Gasteiger partial charge in [-0.15, -0.1) is 0 Å². The summed E-state index contributed by atoms with van der Waals surface area (Å²) in [4.78, 5) is 14.0. The SMILES string of the molecule is Fc1ccc(-c2nc3c4cccnc4c4ncccc4c3n2-c2ccccc2)c(F)c1. The molecule has 6 heteroatoms. The Morgan fingerprint density at radius 3 is 2.13 bits per heavy atom. The minimum atomic E-state index is -0.669. The first-order valence-electron chi connectivity index (χ1n) is 9.77. The first-order valence-corrected chi connectivity index (χ1v) is 9.77. The Morgan fingerprint density at radius 1 is 0.677 bits per heavy atom. The van der Waals surface area contributed by atoms with Crippen molar-refractivity contribution < 1.29 is 8.78 Å². The van der Waals surface area contributed by atoms with E-state index in [1.807, 2.05) is 59.2 Å². The molecule has 0 saturated carbocycles. The monoisotopic (exact) mass is 408 g/mol. The third-order valence-electron chi connectivity index (χ3n) is 5.41. The minimum absolute atomic E-state index is 0.218. The van der Waals surface area contributed by atoms with Crippen molar-refractivity contribution in [2.45, 2.75) is 0 Å². The highest BCUT2D eigenvalue weighted by Gasteiger charge is 2.22. The maximum atomic E-state index is 14.9. The molecule has 4 nitrogen and oxygen atoms in total. The number of hydrogen-bond donors (Lipinski definition) is 0. The number of para-hydroxylation sites is 1. The number of benzene rings is 3. The fraction of sp³-hybridized carbons (Fsp3) is 0. The molecule has 0 aliphatic heterocycles. The third-order valence-corrected chi connectivity index (χ3v) is 5.41. The van der Waals surface area contributed by atoms with Crippen LogP contribution in [0.2, 0.25) is 0 Å². The Morgan fingerprint density at radius 2 is 1.39 bits per heavy atom. The van der Waals surface area contributed by atoms with Gasteiger partial charge < -0.3 is 0 Å². The van der Waals surface area contributed by atoms with Crippen LogP contribution >= 0.6 is 0 Å². The van der Waals surface area contributed by atoms with Gasteiger partial charge in [-0.1, -0.05) is 18.2 Å². The lowest BCUT2D eigenvalue weighted by molar-refractivity contribution is 0.585. The van der Waals surface area contributed by atoms with Gasteiger partial charge in [0.1, 0.15) is 17.5 Å². The minimum Gasteiger partial charge on any atom is -0.292 e. The molecule has 0 radical (unpaired) electrons. The van der Waals surface area contributed by atoms with Crippen molar-refractivity contribution in [3.8, 4) is 17.1 Å². The molecule has 31 heavy (non-hydrogen) atoms. The zero-order chi connectivity index (χ0) is 20.9. The van der Waals surface area contributed by atoms with Gasteiger partial charge in [0.05, 0.1) is 27.6 Å². The fourth-order valence-corrected chi connectivity index (χ4v) is 4.11. The molecule has 6 rings (SSSR count). The van der Waals surface area contributed by atoms with Crippen LogP contribution in [0.15, 0.2) is 85.2 Å². The van der Waals surface area contributed by atoms with Crippen molar-refractivity contribution in [3.05, 3.63) is 96.8 Å². The molecule has 0 N–H and O–H groups in total. The van der Waals surface area contributed by atoms with Crippen LogP contribution < -0.4 is 0 Å². The summed E-state index contributed by atoms with van der Waals surface area (Å²) in [5, 5.41) is 1.68. The van der Waals surface area contributed by atoms with Crippen LogP contribution in [0, 0.1) is 11.6 Å². The van der Waals surface area contributed by atoms with Crippen LogP contribution in [0.5, 0.6) is 0 Å². The number of imidazole rings is 1. The van der Waals surface area contributed by atoms with Gasteiger partial charge in [0.2, 0.25) is 0 Å². The van der Waals surface area contributed by atoms with E-state index in [-0.39, 0.29) is 5.56 Å². The van der Waals surface area contributed by atoms with E-state index in [0.29, 0.717) is 11.3 Å². The number of aromatic nitrogens is 4. The molecule has 148 valence electrons. The summed E-state index contributed by atoms with van der Waals surface area (Å²) in [6.45, 7) is 0. The predicted molar refractivity (Wildman–Crippen MR) is 117 cm³/mol. The van der Waals surface area contributed by atoms with Crippen molar-refractivity contribution in [2.24, 2.45) is 0 Å². The number of fused-ring (bicyclic) bond motifs is 6. The summed E-state index contributed by atoms with van der Waals surface area (Å²) in [7, 11) is 0. The largest absolute Gasteiger partial charge is 0.292 e. The van der Waals surface area contributed by atoms with Gasteiger partial charge in [0.25, 0.3) is 0 Å². The average Bonchev–Trinajstić information content (AvgIpc) is 3.20. The van der Waals surface area contributed by atoms with Crippen molar-refractivity contribution in [2.75, 3.05) is 0 Å². The summed E-state index contributed by atoms with van der Waals surface area (Å²) in [5.74, 6) is -0.912. The Labute approximate surface area is 175 Å². The van der Waals surface area contributed by atoms with Crippen LogP contribution in [0.4, 0.5) is 8.78 Å². The molecule has 0 aliphatic carbocycles. The molecular weight excluding hydrogens is 394 g/mol. The fourth-order valence-electron chi connectivity index (χ4n) is 4.11. The Bertz CT molecular complexity index is 1610. The topological polar surface area (TPSA) is 43.6 Å². The third kappa shape index (κ3) is 2.61. The zero-order valence-corrected chi connectivity index (χ0v) is 16.1. The van der Waals surface area contributed by atoms with Gasteiger partial charge in [0.15, 0.2) is 0 Å². The summed E-state index contributed by atoms with van der Waals surface area (Å²) in [5.41, 5.74) is 4.00. The van der Waals surface area contributed by atoms with Gasteiger partial charge in [-0.3, -0.25) is 14.5 Å². The van der Waals surface area contributed by atoms with Gasteiger partial charge in [-0.05, 0) is 48.5 Å². The van der Waals surface area contributed by atoms with Gasteiger partial charge >= 0.3 is 0 Å². The quantitative estimate of drug-likeness (QED) is 0.327. The molecule has 0 bridgehead atoms. The predicted octanol–water partition coefficient (Wildman–Crippen LogP) is 6.07. The normalized spacial score (nSPS) is 11.5. The molecular formula is C25H14F2N4. The number of rotatable bonds is 2. The van der Waals surface area contributed by atoms with E-state index in [2.05, 4.69) is 9.97 Å². The molecule has 0 amide bonds. The molecule has 0 saturated heterocycles. The van der Waals surface area contributed by atoms with E-state index >= 15 is 0 Å². The standard InChI is InChI=1S/C25H14F2N4/c26-15-10-11-17(20(27)14-15)25-30-23-18-8-4-12-28-21(18)22-19(9-5-13-29-22)24(23)31(25)16-6-2-1-3-7-16/h1-14H. The molecule has 0 atom stereocenters. The summed E-state index contributed by atoms with van der Waals surface area (Å²) in [6.07, 6.45) is 3.45. The van der Waals surface area contributed by atoms with E-state index < -0.39 is 11.6 Å². The van der Waals surface area contributed by atoms with Crippen LogP contribution in [0.25, 0.3) is 49.9 Å². The van der Waals surface area contributed by atoms with Crippen molar-refractivity contribution in [1.82, 2.24) is 19.5 Å². The van der Waals surface area contributed by atoms with Crippen molar-refractivity contribution in [1.29, 1.82) is 0 Å². The lowest BCUT2D eigenvalue weighted by Gasteiger charge is -2.12. The number of halogens is 2. The van der Waals surface area contributed by atoms with Crippen LogP contribution in [0.3, 0.4) is 0 Å². The molecule has 0 fully saturated rings. The van der Waals surface area contributed by atoms with E-state index in [0.717, 1.165) is 39.1 Å². The number of nitrogens with zero attached hydrogens (tertiary/aromatic N) is 4. The van der Waals surface area contributed by atoms with Crippen LogP contribution in [0.1, 0.15) is 0 Å². The lowest BCUT2D eigenvalue weighted by atomic mass is 10.1. The Kier molecular flexibility index (Phi) is 3.80. The first kappa shape index (κ1) is 17.7. The first-order chi connectivity index (χ1) is 15.2. The molecule has 0 aliphatic rings. The van der Waals surface area contributed by atoms with Crippen LogP contribution in [-0.4, -0.2) is 19.5 Å². The van der Waals surface area contributed by atoms with Gasteiger partial charge in [0, 0.05) is 34.9 Å². The Balaban J connectivity index is 1.88. The van der Waals surface area contributed by atoms with Gasteiger partial charge in [-0.2, -0.15) is 0 Å². The van der Waals surface area contributed by atoms with E-state index in [1.165, 1.54) is 12.1 Å². The van der Waals surface area contributed by atoms with E-state index in [1.54, 1.807) is 12.4 Å². The van der Waals surface area contributed by atoms with Crippen molar-refractivity contribution >= 4 is 32.8 Å². The number of hydrogen-bond acceptors (Lipinski definition) is 3. The van der Waals surface area contributed by atoms with Gasteiger partial charge in [-0.25, -0.2) is 13.8 Å². The average molecular weight is 408 g/mol. The highest BCUT2D eigenvalue weighted by atomic mass is 19.1.